The number of ketones is 1. The third-order valence-electron chi connectivity index (χ3n) is 6.70. The Morgan fingerprint density at radius 2 is 1.31 bits per heavy atom. The molecule has 29 heavy (non-hydrogen) atoms. The molecule has 4 fully saturated rings. The van der Waals surface area contributed by atoms with Gasteiger partial charge in [0.05, 0.1) is 9.85 Å². The van der Waals surface area contributed by atoms with Crippen LogP contribution in [0.1, 0.15) is 36.1 Å². The zero-order valence-electron chi connectivity index (χ0n) is 15.5. The number of hydrogen-bond acceptors (Lipinski definition) is 6. The smallest absolute Gasteiger partial charge is 0.269 e. The second-order valence-corrected chi connectivity index (χ2v) is 8.24. The highest BCUT2D eigenvalue weighted by molar-refractivity contribution is 5.87. The van der Waals surface area contributed by atoms with Crippen LogP contribution >= 0.6 is 0 Å². The van der Waals surface area contributed by atoms with E-state index in [9.17, 15) is 25.0 Å². The molecule has 3 heterocycles. The Labute approximate surface area is 166 Å². The van der Waals surface area contributed by atoms with Crippen LogP contribution in [-0.4, -0.2) is 27.1 Å². The fraction of sp³-hybridized carbons (Fsp3) is 0.381. The number of Topliss-reactive ketones (excluding diaryl/α,β-unsaturated/α-hetero) is 1. The first-order chi connectivity index (χ1) is 13.9. The van der Waals surface area contributed by atoms with Crippen LogP contribution in [-0.2, 0) is 4.79 Å². The zero-order chi connectivity index (χ0) is 20.3. The van der Waals surface area contributed by atoms with Crippen LogP contribution in [0.4, 0.5) is 11.4 Å². The molecule has 0 aromatic heterocycles. The highest BCUT2D eigenvalue weighted by Crippen LogP contribution is 2.58. The largest absolute Gasteiger partial charge is 0.299 e. The van der Waals surface area contributed by atoms with Gasteiger partial charge in [0.15, 0.2) is 0 Å². The number of rotatable bonds is 4. The minimum atomic E-state index is -0.422. The third kappa shape index (κ3) is 2.74. The van der Waals surface area contributed by atoms with Crippen molar-refractivity contribution in [1.82, 2.24) is 4.90 Å². The number of benzene rings is 2. The molecule has 8 nitrogen and oxygen atoms in total. The Morgan fingerprint density at radius 1 is 0.828 bits per heavy atom. The molecular weight excluding hydrogens is 374 g/mol. The van der Waals surface area contributed by atoms with Crippen LogP contribution in [0.15, 0.2) is 48.5 Å². The van der Waals surface area contributed by atoms with Gasteiger partial charge >= 0.3 is 0 Å². The lowest BCUT2D eigenvalue weighted by Gasteiger charge is -2.59. The molecule has 148 valence electrons. The minimum absolute atomic E-state index is 0.0110. The maximum atomic E-state index is 13.3. The Balaban J connectivity index is 1.60. The number of nitro groups is 2. The summed E-state index contributed by atoms with van der Waals surface area (Å²) >= 11 is 0. The van der Waals surface area contributed by atoms with E-state index in [1.54, 1.807) is 24.3 Å². The first kappa shape index (κ1) is 17.9. The van der Waals surface area contributed by atoms with Gasteiger partial charge in [-0.1, -0.05) is 24.3 Å². The summed E-state index contributed by atoms with van der Waals surface area (Å²) in [5.74, 6) is 0.256. The van der Waals surface area contributed by atoms with Crippen molar-refractivity contribution in [3.05, 3.63) is 79.9 Å². The van der Waals surface area contributed by atoms with Gasteiger partial charge in [0.1, 0.15) is 5.78 Å². The molecule has 3 saturated heterocycles. The number of hydrogen-bond donors (Lipinski definition) is 0. The van der Waals surface area contributed by atoms with Gasteiger partial charge in [-0.05, 0) is 29.9 Å². The van der Waals surface area contributed by atoms with E-state index in [4.69, 9.17) is 0 Å². The molecule has 0 amide bonds. The van der Waals surface area contributed by atoms with Crippen molar-refractivity contribution in [2.24, 2.45) is 17.8 Å². The quantitative estimate of drug-likeness (QED) is 0.577. The molecule has 6 atom stereocenters. The summed E-state index contributed by atoms with van der Waals surface area (Å²) in [5.41, 5.74) is 1.56. The molecule has 1 saturated carbocycles. The van der Waals surface area contributed by atoms with E-state index in [0.717, 1.165) is 30.5 Å². The molecule has 0 N–H and O–H groups in total. The molecule has 0 spiro atoms. The average molecular weight is 393 g/mol. The summed E-state index contributed by atoms with van der Waals surface area (Å²) in [7, 11) is 0. The van der Waals surface area contributed by atoms with Gasteiger partial charge in [-0.2, -0.15) is 0 Å². The molecule has 6 rings (SSSR count). The predicted octanol–water partition coefficient (Wildman–Crippen LogP) is 3.83. The van der Waals surface area contributed by atoms with E-state index in [1.165, 1.54) is 12.1 Å². The monoisotopic (exact) mass is 393 g/mol. The maximum absolute atomic E-state index is 13.3. The van der Waals surface area contributed by atoms with Crippen LogP contribution in [0.5, 0.6) is 0 Å². The molecule has 4 unspecified atom stereocenters. The molecule has 4 aliphatic rings. The summed E-state index contributed by atoms with van der Waals surface area (Å²) in [6.45, 7) is 0.793. The average Bonchev–Trinajstić information content (AvgIpc) is 2.71. The standard InChI is InChI=1S/C21H19N3O5/c25-21-17-7-12-8-18(21)20(14-4-2-6-16(10-14)24(28)29)22(11-12)19(17)13-3-1-5-15(9-13)23(26)27/h1-6,9-10,12,17-20H,7-8,11H2/t12?,17-,18+,19?,20?. The van der Waals surface area contributed by atoms with Crippen LogP contribution < -0.4 is 0 Å². The van der Waals surface area contributed by atoms with Gasteiger partial charge in [0.2, 0.25) is 0 Å². The summed E-state index contributed by atoms with van der Waals surface area (Å²) in [4.78, 5) is 37.2. The summed E-state index contributed by atoms with van der Waals surface area (Å²) in [5, 5.41) is 22.5. The molecular formula is C21H19N3O5. The fourth-order valence-electron chi connectivity index (χ4n) is 5.69. The van der Waals surface area contributed by atoms with Gasteiger partial charge in [0, 0.05) is 54.7 Å². The number of carbonyl (C=O) groups excluding carboxylic acids is 1. The number of piperidine rings is 3. The maximum Gasteiger partial charge on any atom is 0.269 e. The number of nitrogens with zero attached hydrogens (tertiary/aromatic N) is 3. The fourth-order valence-corrected chi connectivity index (χ4v) is 5.69. The van der Waals surface area contributed by atoms with Gasteiger partial charge < -0.3 is 0 Å². The topological polar surface area (TPSA) is 107 Å². The summed E-state index contributed by atoms with van der Waals surface area (Å²) in [6, 6.07) is 12.6. The lowest BCUT2D eigenvalue weighted by atomic mass is 9.59. The lowest BCUT2D eigenvalue weighted by molar-refractivity contribution is -0.385. The van der Waals surface area contributed by atoms with E-state index >= 15 is 0 Å². The normalized spacial score (nSPS) is 32.3. The van der Waals surface area contributed by atoms with Crippen molar-refractivity contribution in [1.29, 1.82) is 0 Å². The minimum Gasteiger partial charge on any atom is -0.299 e. The second-order valence-electron chi connectivity index (χ2n) is 8.24. The van der Waals surface area contributed by atoms with E-state index < -0.39 is 9.85 Å². The van der Waals surface area contributed by atoms with Gasteiger partial charge in [-0.3, -0.25) is 29.9 Å². The summed E-state index contributed by atoms with van der Waals surface area (Å²) in [6.07, 6.45) is 1.61. The van der Waals surface area contributed by atoms with Gasteiger partial charge in [0.25, 0.3) is 11.4 Å². The zero-order valence-corrected chi connectivity index (χ0v) is 15.5. The Morgan fingerprint density at radius 3 is 1.76 bits per heavy atom. The second kappa shape index (κ2) is 6.45. The van der Waals surface area contributed by atoms with Crippen LogP contribution in [0.25, 0.3) is 0 Å². The molecule has 3 aliphatic heterocycles. The van der Waals surface area contributed by atoms with Crippen molar-refractivity contribution >= 4 is 17.2 Å². The highest BCUT2D eigenvalue weighted by atomic mass is 16.6. The van der Waals surface area contributed by atoms with Crippen molar-refractivity contribution in [2.45, 2.75) is 24.9 Å². The number of non-ortho nitro benzene ring substituents is 2. The molecule has 4 bridgehead atoms. The molecule has 0 radical (unpaired) electrons. The van der Waals surface area contributed by atoms with Crippen LogP contribution in [0.2, 0.25) is 0 Å². The van der Waals surface area contributed by atoms with Crippen molar-refractivity contribution in [3.8, 4) is 0 Å². The predicted molar refractivity (Wildman–Crippen MR) is 103 cm³/mol. The van der Waals surface area contributed by atoms with Crippen LogP contribution in [0.3, 0.4) is 0 Å². The van der Waals surface area contributed by atoms with Crippen molar-refractivity contribution in [2.75, 3.05) is 6.54 Å². The SMILES string of the molecule is O=C1[C@H]2CC3C[C@@H]1C(c1cccc([N+](=O)[O-])c1)N(C3)C2c1cccc([N+](=O)[O-])c1. The summed E-state index contributed by atoms with van der Waals surface area (Å²) < 4.78 is 0. The first-order valence-electron chi connectivity index (χ1n) is 9.72. The molecule has 1 aliphatic carbocycles. The lowest BCUT2D eigenvalue weighted by Crippen LogP contribution is -2.60. The number of carbonyl (C=O) groups is 1. The first-order valence-corrected chi connectivity index (χ1v) is 9.72. The van der Waals surface area contributed by atoms with Gasteiger partial charge in [-0.15, -0.1) is 0 Å². The number of nitro benzene ring substituents is 2. The van der Waals surface area contributed by atoms with E-state index in [0.29, 0.717) is 5.92 Å². The molecule has 2 aromatic rings. The Hall–Kier alpha value is -3.13. The van der Waals surface area contributed by atoms with Crippen molar-refractivity contribution in [3.63, 3.8) is 0 Å². The van der Waals surface area contributed by atoms with Crippen molar-refractivity contribution < 1.29 is 14.6 Å². The van der Waals surface area contributed by atoms with E-state index in [-0.39, 0.29) is 41.1 Å². The third-order valence-corrected chi connectivity index (χ3v) is 6.70. The Bertz CT molecular complexity index is 961. The highest BCUT2D eigenvalue weighted by Gasteiger charge is 2.57. The molecule has 2 aromatic carbocycles. The Kier molecular flexibility index (Phi) is 3.99. The van der Waals surface area contributed by atoms with Gasteiger partial charge in [-0.25, -0.2) is 0 Å². The van der Waals surface area contributed by atoms with E-state index in [2.05, 4.69) is 4.90 Å². The van der Waals surface area contributed by atoms with E-state index in [1.807, 2.05) is 12.1 Å². The van der Waals surface area contributed by atoms with Crippen LogP contribution in [0, 0.1) is 38.0 Å². The molecule has 8 heteroatoms.